The average molecular weight is 364 g/mol. The van der Waals surface area contributed by atoms with E-state index in [0.717, 1.165) is 56.3 Å². The summed E-state index contributed by atoms with van der Waals surface area (Å²) in [5.41, 5.74) is -0.192. The van der Waals surface area contributed by atoms with E-state index in [2.05, 4.69) is 15.4 Å². The molecule has 26 heavy (non-hydrogen) atoms. The summed E-state index contributed by atoms with van der Waals surface area (Å²) >= 11 is 0. The minimum absolute atomic E-state index is 0.0722. The molecule has 6 nitrogen and oxygen atoms in total. The predicted molar refractivity (Wildman–Crippen MR) is 97.1 cm³/mol. The lowest BCUT2D eigenvalue weighted by molar-refractivity contribution is -0.147. The topological polar surface area (TPSA) is 84.5 Å². The zero-order valence-electron chi connectivity index (χ0n) is 15.9. The molecule has 0 atom stereocenters. The third-order valence-electron chi connectivity index (χ3n) is 6.54. The number of nitrogens with one attached hydrogen (secondary N) is 2. The standard InChI is InChI=1S/C20H32N2O4/c1-26-18(24)5-3-2-4-6-21-17(23)13-22-19(25)20-10-14-7-15(11-20)9-16(8-14)12-20/h14-16H,2-13H2,1H3,(H,21,23)(H,22,25). The maximum absolute atomic E-state index is 12.8. The molecule has 2 N–H and O–H groups in total. The van der Waals surface area contributed by atoms with Crippen LogP contribution in [-0.4, -0.2) is 38.0 Å². The van der Waals surface area contributed by atoms with E-state index in [9.17, 15) is 14.4 Å². The number of unbranched alkanes of at least 4 members (excludes halogenated alkanes) is 2. The van der Waals surface area contributed by atoms with Crippen LogP contribution in [0.25, 0.3) is 0 Å². The zero-order valence-corrected chi connectivity index (χ0v) is 15.9. The van der Waals surface area contributed by atoms with Gasteiger partial charge in [-0.3, -0.25) is 14.4 Å². The van der Waals surface area contributed by atoms with Crippen molar-refractivity contribution in [1.29, 1.82) is 0 Å². The van der Waals surface area contributed by atoms with E-state index >= 15 is 0 Å². The first-order chi connectivity index (χ1) is 12.5. The number of hydrogen-bond donors (Lipinski definition) is 2. The van der Waals surface area contributed by atoms with Gasteiger partial charge in [-0.05, 0) is 69.1 Å². The Morgan fingerprint density at radius 1 is 0.923 bits per heavy atom. The van der Waals surface area contributed by atoms with Crippen LogP contribution in [0.1, 0.15) is 64.2 Å². The molecule has 4 bridgehead atoms. The van der Waals surface area contributed by atoms with Gasteiger partial charge in [-0.25, -0.2) is 0 Å². The highest BCUT2D eigenvalue weighted by atomic mass is 16.5. The third kappa shape index (κ3) is 4.57. The van der Waals surface area contributed by atoms with Gasteiger partial charge in [0.1, 0.15) is 0 Å². The van der Waals surface area contributed by atoms with Crippen LogP contribution in [0.5, 0.6) is 0 Å². The fourth-order valence-electron chi connectivity index (χ4n) is 5.70. The van der Waals surface area contributed by atoms with Crippen LogP contribution in [0.15, 0.2) is 0 Å². The molecule has 0 saturated heterocycles. The van der Waals surface area contributed by atoms with Gasteiger partial charge in [0.25, 0.3) is 0 Å². The Morgan fingerprint density at radius 2 is 1.54 bits per heavy atom. The summed E-state index contributed by atoms with van der Waals surface area (Å²) < 4.78 is 4.59. The minimum atomic E-state index is -0.193. The van der Waals surface area contributed by atoms with Crippen molar-refractivity contribution < 1.29 is 19.1 Å². The monoisotopic (exact) mass is 364 g/mol. The smallest absolute Gasteiger partial charge is 0.305 e. The van der Waals surface area contributed by atoms with Gasteiger partial charge in [0, 0.05) is 18.4 Å². The first-order valence-electron chi connectivity index (χ1n) is 10.1. The highest BCUT2D eigenvalue weighted by Crippen LogP contribution is 2.60. The van der Waals surface area contributed by atoms with Crippen molar-refractivity contribution in [3.05, 3.63) is 0 Å². The molecule has 4 rings (SSSR count). The highest BCUT2D eigenvalue weighted by molar-refractivity contribution is 5.88. The molecule has 6 heteroatoms. The Hall–Kier alpha value is -1.59. The van der Waals surface area contributed by atoms with Crippen LogP contribution < -0.4 is 10.6 Å². The molecular formula is C20H32N2O4. The van der Waals surface area contributed by atoms with Crippen molar-refractivity contribution in [2.24, 2.45) is 23.2 Å². The van der Waals surface area contributed by atoms with E-state index in [1.54, 1.807) is 0 Å². The van der Waals surface area contributed by atoms with E-state index in [1.165, 1.54) is 26.4 Å². The summed E-state index contributed by atoms with van der Waals surface area (Å²) in [6.07, 6.45) is 9.87. The summed E-state index contributed by atoms with van der Waals surface area (Å²) in [6, 6.07) is 0. The van der Waals surface area contributed by atoms with Crippen molar-refractivity contribution >= 4 is 17.8 Å². The van der Waals surface area contributed by atoms with Crippen LogP contribution in [-0.2, 0) is 19.1 Å². The van der Waals surface area contributed by atoms with E-state index in [1.807, 2.05) is 0 Å². The summed E-state index contributed by atoms with van der Waals surface area (Å²) in [5.74, 6) is 1.96. The zero-order chi connectivity index (χ0) is 18.6. The van der Waals surface area contributed by atoms with Crippen molar-refractivity contribution in [3.8, 4) is 0 Å². The molecule has 0 radical (unpaired) electrons. The van der Waals surface area contributed by atoms with E-state index in [4.69, 9.17) is 0 Å². The molecule has 4 saturated carbocycles. The van der Waals surface area contributed by atoms with E-state index in [0.29, 0.717) is 13.0 Å². The fourth-order valence-corrected chi connectivity index (χ4v) is 5.70. The Balaban J connectivity index is 1.31. The second-order valence-corrected chi connectivity index (χ2v) is 8.62. The number of hydrogen-bond acceptors (Lipinski definition) is 4. The van der Waals surface area contributed by atoms with E-state index in [-0.39, 0.29) is 29.7 Å². The number of ether oxygens (including phenoxy) is 1. The molecule has 146 valence electrons. The highest BCUT2D eigenvalue weighted by Gasteiger charge is 2.54. The van der Waals surface area contributed by atoms with Crippen LogP contribution in [0, 0.1) is 23.2 Å². The Bertz CT molecular complexity index is 511. The molecule has 2 amide bonds. The number of amides is 2. The number of carbonyl (C=O) groups is 3. The number of carbonyl (C=O) groups excluding carboxylic acids is 3. The van der Waals surface area contributed by atoms with E-state index < -0.39 is 0 Å². The number of esters is 1. The van der Waals surface area contributed by atoms with Gasteiger partial charge in [-0.2, -0.15) is 0 Å². The molecule has 4 aliphatic rings. The lowest BCUT2D eigenvalue weighted by Gasteiger charge is -2.55. The molecule has 0 aromatic carbocycles. The predicted octanol–water partition coefficient (Wildman–Crippen LogP) is 2.17. The number of rotatable bonds is 9. The first kappa shape index (κ1) is 19.2. The molecule has 4 fully saturated rings. The number of methoxy groups -OCH3 is 1. The van der Waals surface area contributed by atoms with Crippen molar-refractivity contribution in [1.82, 2.24) is 10.6 Å². The van der Waals surface area contributed by atoms with Crippen LogP contribution in [0.2, 0.25) is 0 Å². The van der Waals surface area contributed by atoms with Crippen molar-refractivity contribution in [2.45, 2.75) is 64.2 Å². The summed E-state index contributed by atoms with van der Waals surface area (Å²) in [4.78, 5) is 35.7. The normalized spacial score (nSPS) is 31.5. The van der Waals surface area contributed by atoms with Gasteiger partial charge < -0.3 is 15.4 Å². The molecule has 0 aliphatic heterocycles. The molecular weight excluding hydrogens is 332 g/mol. The van der Waals surface area contributed by atoms with Gasteiger partial charge >= 0.3 is 5.97 Å². The SMILES string of the molecule is COC(=O)CCCCCNC(=O)CNC(=O)C12CC3CC(CC(C3)C1)C2. The van der Waals surface area contributed by atoms with Gasteiger partial charge in [0.2, 0.25) is 11.8 Å². The maximum atomic E-state index is 12.8. The molecule has 0 spiro atoms. The van der Waals surface area contributed by atoms with Crippen molar-refractivity contribution in [2.75, 3.05) is 20.2 Å². The fraction of sp³-hybridized carbons (Fsp3) is 0.850. The minimum Gasteiger partial charge on any atom is -0.469 e. The third-order valence-corrected chi connectivity index (χ3v) is 6.54. The first-order valence-corrected chi connectivity index (χ1v) is 10.1. The maximum Gasteiger partial charge on any atom is 0.305 e. The summed E-state index contributed by atoms with van der Waals surface area (Å²) in [6.45, 7) is 0.649. The summed E-state index contributed by atoms with van der Waals surface area (Å²) in [7, 11) is 1.39. The second kappa shape index (κ2) is 8.40. The van der Waals surface area contributed by atoms with Crippen molar-refractivity contribution in [3.63, 3.8) is 0 Å². The van der Waals surface area contributed by atoms with Crippen LogP contribution in [0.3, 0.4) is 0 Å². The van der Waals surface area contributed by atoms with Gasteiger partial charge in [-0.15, -0.1) is 0 Å². The Labute approximate surface area is 155 Å². The van der Waals surface area contributed by atoms with Gasteiger partial charge in [0.15, 0.2) is 0 Å². The molecule has 0 heterocycles. The van der Waals surface area contributed by atoms with Crippen LogP contribution >= 0.6 is 0 Å². The molecule has 0 unspecified atom stereocenters. The lowest BCUT2D eigenvalue weighted by atomic mass is 9.49. The lowest BCUT2D eigenvalue weighted by Crippen LogP contribution is -2.54. The molecule has 0 aromatic heterocycles. The largest absolute Gasteiger partial charge is 0.469 e. The molecule has 0 aromatic rings. The Kier molecular flexibility index (Phi) is 6.20. The summed E-state index contributed by atoms with van der Waals surface area (Å²) in [5, 5.41) is 5.75. The average Bonchev–Trinajstić information content (AvgIpc) is 2.61. The second-order valence-electron chi connectivity index (χ2n) is 8.62. The Morgan fingerprint density at radius 3 is 2.12 bits per heavy atom. The van der Waals surface area contributed by atoms with Crippen LogP contribution in [0.4, 0.5) is 0 Å². The van der Waals surface area contributed by atoms with Gasteiger partial charge in [0.05, 0.1) is 13.7 Å². The molecule has 4 aliphatic carbocycles. The quantitative estimate of drug-likeness (QED) is 0.485. The van der Waals surface area contributed by atoms with Gasteiger partial charge in [-0.1, -0.05) is 6.42 Å².